The molecular weight excluding hydrogens is 332 g/mol. The van der Waals surface area contributed by atoms with Gasteiger partial charge in [0, 0.05) is 18.7 Å². The summed E-state index contributed by atoms with van der Waals surface area (Å²) in [6.07, 6.45) is -0.810. The number of aromatic nitrogens is 1. The molecule has 2 aromatic carbocycles. The lowest BCUT2D eigenvalue weighted by Gasteiger charge is -2.20. The Hall–Kier alpha value is -3.12. The van der Waals surface area contributed by atoms with Crippen LogP contribution >= 0.6 is 0 Å². The maximum absolute atomic E-state index is 12.5. The number of ether oxygens (including phenoxy) is 1. The molecule has 3 rings (SSSR count). The number of benzene rings is 2. The van der Waals surface area contributed by atoms with Gasteiger partial charge in [0.1, 0.15) is 5.75 Å². The predicted octanol–water partition coefficient (Wildman–Crippen LogP) is 3.16. The van der Waals surface area contributed by atoms with Gasteiger partial charge in [-0.05, 0) is 17.7 Å². The van der Waals surface area contributed by atoms with Gasteiger partial charge in [0.2, 0.25) is 0 Å². The minimum Gasteiger partial charge on any atom is -0.497 e. The van der Waals surface area contributed by atoms with Gasteiger partial charge in [0.25, 0.3) is 5.91 Å². The minimum atomic E-state index is -0.810. The normalized spacial score (nSPS) is 11.8. The van der Waals surface area contributed by atoms with Crippen molar-refractivity contribution in [3.8, 4) is 17.1 Å². The number of carbonyl (C=O) groups is 1. The second-order valence-electron chi connectivity index (χ2n) is 5.92. The monoisotopic (exact) mass is 352 g/mol. The molecule has 0 aliphatic carbocycles. The van der Waals surface area contributed by atoms with Crippen molar-refractivity contribution in [1.82, 2.24) is 10.1 Å². The van der Waals surface area contributed by atoms with Crippen LogP contribution in [0.4, 0.5) is 0 Å². The van der Waals surface area contributed by atoms with E-state index in [0.29, 0.717) is 17.1 Å². The maximum atomic E-state index is 12.5. The zero-order valence-electron chi connectivity index (χ0n) is 14.6. The maximum Gasteiger partial charge on any atom is 0.275 e. The summed E-state index contributed by atoms with van der Waals surface area (Å²) < 4.78 is 10.4. The summed E-state index contributed by atoms with van der Waals surface area (Å²) in [5.74, 6) is 0.919. The van der Waals surface area contributed by atoms with Gasteiger partial charge in [-0.25, -0.2) is 0 Å². The van der Waals surface area contributed by atoms with Crippen molar-refractivity contribution in [1.29, 1.82) is 0 Å². The van der Waals surface area contributed by atoms with E-state index in [1.807, 2.05) is 30.3 Å². The number of amides is 1. The Morgan fingerprint density at radius 1 is 1.19 bits per heavy atom. The van der Waals surface area contributed by atoms with Crippen LogP contribution in [-0.4, -0.2) is 41.8 Å². The van der Waals surface area contributed by atoms with Crippen molar-refractivity contribution in [3.63, 3.8) is 0 Å². The first-order valence-corrected chi connectivity index (χ1v) is 8.18. The van der Waals surface area contributed by atoms with Crippen LogP contribution in [0.3, 0.4) is 0 Å². The lowest BCUT2D eigenvalue weighted by atomic mass is 10.1. The van der Waals surface area contributed by atoms with Gasteiger partial charge < -0.3 is 19.3 Å². The molecule has 26 heavy (non-hydrogen) atoms. The quantitative estimate of drug-likeness (QED) is 0.737. The Morgan fingerprint density at radius 3 is 2.54 bits per heavy atom. The fourth-order valence-corrected chi connectivity index (χ4v) is 2.58. The standard InChI is InChI=1S/C20H20N2O4/c1-22(13-18(23)14-8-10-16(25-2)11-9-14)20(24)17-12-19(26-21-17)15-6-4-3-5-7-15/h3-12,18,23H,13H2,1-2H3. The van der Waals surface area contributed by atoms with Gasteiger partial charge in [0.15, 0.2) is 11.5 Å². The number of rotatable bonds is 6. The van der Waals surface area contributed by atoms with E-state index < -0.39 is 6.10 Å². The van der Waals surface area contributed by atoms with E-state index in [4.69, 9.17) is 9.26 Å². The van der Waals surface area contributed by atoms with Gasteiger partial charge in [-0.15, -0.1) is 0 Å². The number of hydrogen-bond acceptors (Lipinski definition) is 5. The molecule has 1 N–H and O–H groups in total. The van der Waals surface area contributed by atoms with Crippen molar-refractivity contribution in [2.24, 2.45) is 0 Å². The second-order valence-corrected chi connectivity index (χ2v) is 5.92. The topological polar surface area (TPSA) is 75.8 Å². The van der Waals surface area contributed by atoms with Crippen molar-refractivity contribution < 1.29 is 19.2 Å². The Balaban J connectivity index is 1.66. The molecule has 1 atom stereocenters. The Kier molecular flexibility index (Phi) is 5.34. The highest BCUT2D eigenvalue weighted by molar-refractivity contribution is 5.93. The first-order valence-electron chi connectivity index (χ1n) is 8.18. The van der Waals surface area contributed by atoms with Crippen LogP contribution in [0, 0.1) is 0 Å². The van der Waals surface area contributed by atoms with Gasteiger partial charge >= 0.3 is 0 Å². The lowest BCUT2D eigenvalue weighted by molar-refractivity contribution is 0.0671. The Labute approximate surface area is 151 Å². The molecule has 6 nitrogen and oxygen atoms in total. The highest BCUT2D eigenvalue weighted by Crippen LogP contribution is 2.22. The van der Waals surface area contributed by atoms with Crippen LogP contribution in [0.25, 0.3) is 11.3 Å². The van der Waals surface area contributed by atoms with E-state index in [0.717, 1.165) is 5.56 Å². The predicted molar refractivity (Wildman–Crippen MR) is 96.9 cm³/mol. The lowest BCUT2D eigenvalue weighted by Crippen LogP contribution is -2.31. The molecule has 0 saturated heterocycles. The summed E-state index contributed by atoms with van der Waals surface area (Å²) in [5.41, 5.74) is 1.75. The van der Waals surface area contributed by atoms with E-state index >= 15 is 0 Å². The highest BCUT2D eigenvalue weighted by Gasteiger charge is 2.20. The van der Waals surface area contributed by atoms with Crippen molar-refractivity contribution in [2.75, 3.05) is 20.7 Å². The van der Waals surface area contributed by atoms with Crippen LogP contribution in [-0.2, 0) is 0 Å². The van der Waals surface area contributed by atoms with Crippen LogP contribution < -0.4 is 4.74 Å². The molecule has 6 heteroatoms. The van der Waals surface area contributed by atoms with Crippen molar-refractivity contribution >= 4 is 5.91 Å². The molecule has 0 spiro atoms. The van der Waals surface area contributed by atoms with Crippen LogP contribution in [0.5, 0.6) is 5.75 Å². The average molecular weight is 352 g/mol. The first kappa shape index (κ1) is 17.7. The van der Waals surface area contributed by atoms with Crippen molar-refractivity contribution in [2.45, 2.75) is 6.10 Å². The molecule has 0 bridgehead atoms. The number of likely N-dealkylation sites (N-methyl/N-ethyl adjacent to an activating group) is 1. The smallest absolute Gasteiger partial charge is 0.275 e. The zero-order valence-corrected chi connectivity index (χ0v) is 14.6. The van der Waals surface area contributed by atoms with Gasteiger partial charge in [-0.1, -0.05) is 47.6 Å². The van der Waals surface area contributed by atoms with E-state index in [9.17, 15) is 9.90 Å². The molecule has 134 valence electrons. The van der Waals surface area contributed by atoms with E-state index in [1.54, 1.807) is 44.5 Å². The number of hydrogen-bond donors (Lipinski definition) is 1. The summed E-state index contributed by atoms with van der Waals surface area (Å²) in [4.78, 5) is 13.9. The van der Waals surface area contributed by atoms with Gasteiger partial charge in [0.05, 0.1) is 19.8 Å². The molecule has 3 aromatic rings. The SMILES string of the molecule is COc1ccc(C(O)CN(C)C(=O)c2cc(-c3ccccc3)on2)cc1. The number of carbonyl (C=O) groups excluding carboxylic acids is 1. The van der Waals surface area contributed by atoms with E-state index in [-0.39, 0.29) is 18.1 Å². The molecule has 1 aromatic heterocycles. The summed E-state index contributed by atoms with van der Waals surface area (Å²) in [6.45, 7) is 0.138. The average Bonchev–Trinajstić information content (AvgIpc) is 3.18. The van der Waals surface area contributed by atoms with Gasteiger partial charge in [-0.2, -0.15) is 0 Å². The van der Waals surface area contributed by atoms with Crippen LogP contribution in [0.2, 0.25) is 0 Å². The van der Waals surface area contributed by atoms with Gasteiger partial charge in [-0.3, -0.25) is 4.79 Å². The fourth-order valence-electron chi connectivity index (χ4n) is 2.58. The molecule has 0 saturated carbocycles. The van der Waals surface area contributed by atoms with E-state index in [1.165, 1.54) is 4.90 Å². The third-order valence-electron chi connectivity index (χ3n) is 4.08. The van der Waals surface area contributed by atoms with Crippen molar-refractivity contribution in [3.05, 3.63) is 71.9 Å². The molecule has 1 heterocycles. The number of aliphatic hydroxyl groups excluding tert-OH is 1. The third kappa shape index (κ3) is 3.92. The second kappa shape index (κ2) is 7.84. The Morgan fingerprint density at radius 2 is 1.88 bits per heavy atom. The number of aliphatic hydroxyl groups is 1. The largest absolute Gasteiger partial charge is 0.497 e. The fraction of sp³-hybridized carbons (Fsp3) is 0.200. The third-order valence-corrected chi connectivity index (χ3v) is 4.08. The molecule has 0 fully saturated rings. The summed E-state index contributed by atoms with van der Waals surface area (Å²) in [5, 5.41) is 14.2. The summed E-state index contributed by atoms with van der Waals surface area (Å²) in [7, 11) is 3.20. The number of nitrogens with zero attached hydrogens (tertiary/aromatic N) is 2. The summed E-state index contributed by atoms with van der Waals surface area (Å²) >= 11 is 0. The molecule has 0 radical (unpaired) electrons. The summed E-state index contributed by atoms with van der Waals surface area (Å²) in [6, 6.07) is 18.1. The molecule has 1 amide bonds. The van der Waals surface area contributed by atoms with E-state index in [2.05, 4.69) is 5.16 Å². The van der Waals surface area contributed by atoms with Crippen LogP contribution in [0.15, 0.2) is 65.2 Å². The first-order chi connectivity index (χ1) is 12.6. The molecule has 1 unspecified atom stereocenters. The highest BCUT2D eigenvalue weighted by atomic mass is 16.5. The van der Waals surface area contributed by atoms with Crippen LogP contribution in [0.1, 0.15) is 22.2 Å². The molecular formula is C20H20N2O4. The Bertz CT molecular complexity index is 859. The molecule has 0 aliphatic heterocycles. The number of methoxy groups -OCH3 is 1. The molecule has 0 aliphatic rings. The minimum absolute atomic E-state index is 0.138. The zero-order chi connectivity index (χ0) is 18.5.